The van der Waals surface area contributed by atoms with Crippen molar-refractivity contribution in [2.45, 2.75) is 31.9 Å². The molecule has 2 unspecified atom stereocenters. The van der Waals surface area contributed by atoms with Gasteiger partial charge in [0.2, 0.25) is 0 Å². The van der Waals surface area contributed by atoms with Crippen LogP contribution >= 0.6 is 23.2 Å². The SMILES string of the molecule is CC1CC(n2nnnc2-c2cc(N)c(Cl)c(Cl)c2)CCO1. The maximum atomic E-state index is 6.09. The van der Waals surface area contributed by atoms with E-state index in [1.165, 1.54) is 0 Å². The molecule has 21 heavy (non-hydrogen) atoms. The van der Waals surface area contributed by atoms with Gasteiger partial charge >= 0.3 is 0 Å². The normalized spacial score (nSPS) is 22.4. The van der Waals surface area contributed by atoms with Crippen LogP contribution in [0.15, 0.2) is 12.1 Å². The Balaban J connectivity index is 1.99. The van der Waals surface area contributed by atoms with Crippen LogP contribution in [-0.2, 0) is 4.74 Å². The number of benzene rings is 1. The van der Waals surface area contributed by atoms with E-state index in [2.05, 4.69) is 15.5 Å². The zero-order valence-corrected chi connectivity index (χ0v) is 13.0. The molecule has 0 radical (unpaired) electrons. The van der Waals surface area contributed by atoms with Gasteiger partial charge in [-0.1, -0.05) is 23.2 Å². The van der Waals surface area contributed by atoms with E-state index in [0.717, 1.165) is 18.4 Å². The van der Waals surface area contributed by atoms with E-state index >= 15 is 0 Å². The first-order chi connectivity index (χ1) is 10.1. The molecular weight excluding hydrogens is 313 g/mol. The van der Waals surface area contributed by atoms with Gasteiger partial charge < -0.3 is 10.5 Å². The Labute approximate surface area is 132 Å². The molecule has 112 valence electrons. The number of nitrogen functional groups attached to an aromatic ring is 1. The van der Waals surface area contributed by atoms with Crippen molar-refractivity contribution < 1.29 is 4.74 Å². The highest BCUT2D eigenvalue weighted by Crippen LogP contribution is 2.34. The molecule has 3 rings (SSSR count). The summed E-state index contributed by atoms with van der Waals surface area (Å²) in [5.41, 5.74) is 7.03. The van der Waals surface area contributed by atoms with Crippen molar-refractivity contribution in [3.63, 3.8) is 0 Å². The maximum Gasteiger partial charge on any atom is 0.182 e. The van der Waals surface area contributed by atoms with Crippen LogP contribution in [0.5, 0.6) is 0 Å². The van der Waals surface area contributed by atoms with Crippen LogP contribution in [0.2, 0.25) is 10.0 Å². The number of nitrogens with zero attached hydrogens (tertiary/aromatic N) is 4. The van der Waals surface area contributed by atoms with Gasteiger partial charge in [0.25, 0.3) is 0 Å². The van der Waals surface area contributed by atoms with Gasteiger partial charge in [0.15, 0.2) is 5.82 Å². The van der Waals surface area contributed by atoms with Crippen LogP contribution in [0.25, 0.3) is 11.4 Å². The summed E-state index contributed by atoms with van der Waals surface area (Å²) in [5.74, 6) is 0.638. The summed E-state index contributed by atoms with van der Waals surface area (Å²) in [6.07, 6.45) is 1.94. The molecule has 0 spiro atoms. The number of nitrogens with two attached hydrogens (primary N) is 1. The summed E-state index contributed by atoms with van der Waals surface area (Å²) in [4.78, 5) is 0. The van der Waals surface area contributed by atoms with E-state index in [4.69, 9.17) is 33.7 Å². The van der Waals surface area contributed by atoms with Crippen LogP contribution in [0.3, 0.4) is 0 Å². The summed E-state index contributed by atoms with van der Waals surface area (Å²) in [5, 5.41) is 12.7. The van der Waals surface area contributed by atoms with Crippen molar-refractivity contribution in [2.75, 3.05) is 12.3 Å². The van der Waals surface area contributed by atoms with Gasteiger partial charge in [-0.25, -0.2) is 4.68 Å². The van der Waals surface area contributed by atoms with E-state index < -0.39 is 0 Å². The van der Waals surface area contributed by atoms with Gasteiger partial charge in [0, 0.05) is 12.2 Å². The molecule has 2 aromatic rings. The molecule has 0 aliphatic carbocycles. The predicted octanol–water partition coefficient (Wildman–Crippen LogP) is 2.97. The van der Waals surface area contributed by atoms with E-state index in [1.807, 2.05) is 11.6 Å². The Kier molecular flexibility index (Phi) is 4.01. The second-order valence-corrected chi connectivity index (χ2v) is 5.95. The van der Waals surface area contributed by atoms with Crippen LogP contribution in [-0.4, -0.2) is 32.9 Å². The number of anilines is 1. The monoisotopic (exact) mass is 327 g/mol. The fourth-order valence-corrected chi connectivity index (χ4v) is 2.90. The number of hydrogen-bond donors (Lipinski definition) is 1. The minimum atomic E-state index is 0.194. The Morgan fingerprint density at radius 2 is 2.19 bits per heavy atom. The zero-order chi connectivity index (χ0) is 15.0. The quantitative estimate of drug-likeness (QED) is 0.858. The lowest BCUT2D eigenvalue weighted by atomic mass is 10.0. The Bertz CT molecular complexity index is 637. The predicted molar refractivity (Wildman–Crippen MR) is 81.4 cm³/mol. The third kappa shape index (κ3) is 2.84. The molecule has 2 N–H and O–H groups in total. The second kappa shape index (κ2) is 5.79. The molecule has 1 aliphatic heterocycles. The standard InChI is InChI=1S/C13H15Cl2N5O/c1-7-4-9(2-3-21-7)20-13(17-18-19-20)8-5-10(14)12(15)11(16)6-8/h5-7,9H,2-4,16H2,1H3. The number of ether oxygens (including phenoxy) is 1. The molecule has 2 heterocycles. The molecule has 1 saturated heterocycles. The molecular formula is C13H15Cl2N5O. The lowest BCUT2D eigenvalue weighted by Crippen LogP contribution is -2.26. The Hall–Kier alpha value is -1.37. The molecule has 0 bridgehead atoms. The maximum absolute atomic E-state index is 6.09. The molecule has 1 fully saturated rings. The minimum absolute atomic E-state index is 0.194. The lowest BCUT2D eigenvalue weighted by Gasteiger charge is -2.27. The number of tetrazole rings is 1. The van der Waals surface area contributed by atoms with Crippen molar-refractivity contribution in [1.82, 2.24) is 20.2 Å². The summed E-state index contributed by atoms with van der Waals surface area (Å²) in [6.45, 7) is 2.75. The largest absolute Gasteiger partial charge is 0.397 e. The van der Waals surface area contributed by atoms with Crippen molar-refractivity contribution in [3.05, 3.63) is 22.2 Å². The third-order valence-electron chi connectivity index (χ3n) is 3.61. The molecule has 0 amide bonds. The first-order valence-corrected chi connectivity index (χ1v) is 7.46. The van der Waals surface area contributed by atoms with Gasteiger partial charge in [0.1, 0.15) is 0 Å². The van der Waals surface area contributed by atoms with Crippen molar-refractivity contribution in [3.8, 4) is 11.4 Å². The van der Waals surface area contributed by atoms with Crippen LogP contribution in [0, 0.1) is 0 Å². The smallest absolute Gasteiger partial charge is 0.182 e. The highest BCUT2D eigenvalue weighted by atomic mass is 35.5. The van der Waals surface area contributed by atoms with Gasteiger partial charge in [-0.3, -0.25) is 0 Å². The first kappa shape index (κ1) is 14.6. The number of halogens is 2. The molecule has 0 saturated carbocycles. The van der Waals surface area contributed by atoms with Crippen LogP contribution in [0.1, 0.15) is 25.8 Å². The number of aromatic nitrogens is 4. The van der Waals surface area contributed by atoms with E-state index in [-0.39, 0.29) is 12.1 Å². The third-order valence-corrected chi connectivity index (χ3v) is 4.43. The summed E-state index contributed by atoms with van der Waals surface area (Å²) in [6, 6.07) is 3.67. The van der Waals surface area contributed by atoms with Gasteiger partial charge in [-0.2, -0.15) is 0 Å². The summed E-state index contributed by atoms with van der Waals surface area (Å²) < 4.78 is 7.38. The zero-order valence-electron chi connectivity index (χ0n) is 11.5. The fraction of sp³-hybridized carbons (Fsp3) is 0.462. The Morgan fingerprint density at radius 1 is 1.38 bits per heavy atom. The van der Waals surface area contributed by atoms with Gasteiger partial charge in [-0.05, 0) is 42.3 Å². The molecule has 1 aromatic carbocycles. The van der Waals surface area contributed by atoms with E-state index in [9.17, 15) is 0 Å². The summed E-state index contributed by atoms with van der Waals surface area (Å²) >= 11 is 12.1. The number of hydrogen-bond acceptors (Lipinski definition) is 5. The van der Waals surface area contributed by atoms with Crippen molar-refractivity contribution >= 4 is 28.9 Å². The molecule has 8 heteroatoms. The molecule has 2 atom stereocenters. The molecule has 1 aromatic heterocycles. The molecule has 6 nitrogen and oxygen atoms in total. The molecule has 1 aliphatic rings. The topological polar surface area (TPSA) is 78.9 Å². The van der Waals surface area contributed by atoms with Crippen molar-refractivity contribution in [1.29, 1.82) is 0 Å². The first-order valence-electron chi connectivity index (χ1n) is 6.70. The van der Waals surface area contributed by atoms with E-state index in [0.29, 0.717) is 28.2 Å². The summed E-state index contributed by atoms with van der Waals surface area (Å²) in [7, 11) is 0. The number of rotatable bonds is 2. The van der Waals surface area contributed by atoms with Crippen LogP contribution in [0.4, 0.5) is 5.69 Å². The minimum Gasteiger partial charge on any atom is -0.397 e. The van der Waals surface area contributed by atoms with Gasteiger partial charge in [0.05, 0.1) is 27.9 Å². The second-order valence-electron chi connectivity index (χ2n) is 5.17. The Morgan fingerprint density at radius 3 is 2.90 bits per heavy atom. The van der Waals surface area contributed by atoms with Crippen LogP contribution < -0.4 is 5.73 Å². The van der Waals surface area contributed by atoms with Crippen molar-refractivity contribution in [2.24, 2.45) is 0 Å². The highest BCUT2D eigenvalue weighted by molar-refractivity contribution is 6.43. The highest BCUT2D eigenvalue weighted by Gasteiger charge is 2.25. The average molecular weight is 328 g/mol. The van der Waals surface area contributed by atoms with E-state index in [1.54, 1.807) is 12.1 Å². The average Bonchev–Trinajstić information content (AvgIpc) is 2.93. The fourth-order valence-electron chi connectivity index (χ4n) is 2.57. The van der Waals surface area contributed by atoms with Gasteiger partial charge in [-0.15, -0.1) is 5.10 Å². The lowest BCUT2D eigenvalue weighted by molar-refractivity contribution is 0.00350.